The molecule has 1 atom stereocenters. The lowest BCUT2D eigenvalue weighted by Crippen LogP contribution is -2.22. The van der Waals surface area contributed by atoms with Crippen molar-refractivity contribution in [1.82, 2.24) is 9.78 Å². The van der Waals surface area contributed by atoms with E-state index in [4.69, 9.17) is 10.5 Å². The Bertz CT molecular complexity index is 609. The van der Waals surface area contributed by atoms with Crippen LogP contribution in [0.1, 0.15) is 16.8 Å². The summed E-state index contributed by atoms with van der Waals surface area (Å²) in [7, 11) is 0. The van der Waals surface area contributed by atoms with E-state index in [2.05, 4.69) is 5.10 Å². The summed E-state index contributed by atoms with van der Waals surface area (Å²) < 4.78 is 20.8. The minimum Gasteiger partial charge on any atom is -0.488 e. The van der Waals surface area contributed by atoms with Crippen molar-refractivity contribution in [3.63, 3.8) is 0 Å². The molecule has 0 aliphatic carbocycles. The van der Waals surface area contributed by atoms with E-state index in [-0.39, 0.29) is 11.9 Å². The molecule has 4 nitrogen and oxygen atoms in total. The molecular formula is C14H16FN3O. The standard InChI is InChI=1S/C14H16FN3O/c1-9-11(6-16)7-17-18(9)8-13-5-10-4-12(15)2-3-14(10)19-13/h2-4,7,13H,5-6,8,16H2,1H3. The number of halogens is 1. The highest BCUT2D eigenvalue weighted by molar-refractivity contribution is 5.37. The molecule has 1 aromatic carbocycles. The van der Waals surface area contributed by atoms with Crippen LogP contribution in [0.2, 0.25) is 0 Å². The fourth-order valence-electron chi connectivity index (χ4n) is 2.45. The van der Waals surface area contributed by atoms with Crippen LogP contribution in [0.15, 0.2) is 24.4 Å². The molecule has 0 bridgehead atoms. The van der Waals surface area contributed by atoms with Gasteiger partial charge in [0.25, 0.3) is 0 Å². The van der Waals surface area contributed by atoms with Crippen molar-refractivity contribution in [3.8, 4) is 5.75 Å². The Morgan fingerprint density at radius 2 is 2.37 bits per heavy atom. The first kappa shape index (κ1) is 12.2. The first-order valence-corrected chi connectivity index (χ1v) is 6.34. The van der Waals surface area contributed by atoms with E-state index < -0.39 is 0 Å². The summed E-state index contributed by atoms with van der Waals surface area (Å²) >= 11 is 0. The highest BCUT2D eigenvalue weighted by Gasteiger charge is 2.24. The molecule has 0 radical (unpaired) electrons. The lowest BCUT2D eigenvalue weighted by atomic mass is 10.1. The van der Waals surface area contributed by atoms with Gasteiger partial charge in [-0.25, -0.2) is 4.39 Å². The molecule has 1 aliphatic heterocycles. The zero-order valence-electron chi connectivity index (χ0n) is 10.8. The summed E-state index contributed by atoms with van der Waals surface area (Å²) in [6.45, 7) is 3.14. The van der Waals surface area contributed by atoms with E-state index >= 15 is 0 Å². The van der Waals surface area contributed by atoms with Crippen LogP contribution in [-0.4, -0.2) is 15.9 Å². The van der Waals surface area contributed by atoms with Crippen molar-refractivity contribution >= 4 is 0 Å². The number of hydrogen-bond donors (Lipinski definition) is 1. The molecule has 3 rings (SSSR count). The summed E-state index contributed by atoms with van der Waals surface area (Å²) in [6.07, 6.45) is 2.50. The zero-order chi connectivity index (χ0) is 13.4. The molecule has 2 N–H and O–H groups in total. The SMILES string of the molecule is Cc1c(CN)cnn1CC1Cc2cc(F)ccc2O1. The molecule has 19 heavy (non-hydrogen) atoms. The second kappa shape index (κ2) is 4.66. The van der Waals surface area contributed by atoms with E-state index in [0.29, 0.717) is 19.5 Å². The molecule has 0 saturated heterocycles. The first-order chi connectivity index (χ1) is 9.17. The molecule has 0 fully saturated rings. The molecule has 100 valence electrons. The van der Waals surface area contributed by atoms with E-state index in [9.17, 15) is 4.39 Å². The molecule has 1 unspecified atom stereocenters. The van der Waals surface area contributed by atoms with Crippen molar-refractivity contribution in [2.45, 2.75) is 32.5 Å². The normalized spacial score (nSPS) is 17.3. The number of nitrogens with zero attached hydrogens (tertiary/aromatic N) is 2. The Kier molecular flexibility index (Phi) is 2.98. The maximum atomic E-state index is 13.1. The van der Waals surface area contributed by atoms with Gasteiger partial charge in [-0.2, -0.15) is 5.10 Å². The molecule has 5 heteroatoms. The van der Waals surface area contributed by atoms with Crippen LogP contribution in [-0.2, 0) is 19.5 Å². The smallest absolute Gasteiger partial charge is 0.123 e. The van der Waals surface area contributed by atoms with Gasteiger partial charge < -0.3 is 10.5 Å². The number of ether oxygens (including phenoxy) is 1. The predicted octanol–water partition coefficient (Wildman–Crippen LogP) is 1.79. The second-order valence-corrected chi connectivity index (χ2v) is 4.84. The Morgan fingerprint density at radius 1 is 1.53 bits per heavy atom. The van der Waals surface area contributed by atoms with Crippen molar-refractivity contribution in [2.24, 2.45) is 5.73 Å². The Labute approximate surface area is 111 Å². The molecule has 2 heterocycles. The predicted molar refractivity (Wildman–Crippen MR) is 69.4 cm³/mol. The number of hydrogen-bond acceptors (Lipinski definition) is 3. The van der Waals surface area contributed by atoms with Crippen LogP contribution in [0.25, 0.3) is 0 Å². The maximum absolute atomic E-state index is 13.1. The number of rotatable bonds is 3. The Balaban J connectivity index is 1.75. The third-order valence-electron chi connectivity index (χ3n) is 3.57. The van der Waals surface area contributed by atoms with E-state index in [1.54, 1.807) is 12.3 Å². The van der Waals surface area contributed by atoms with Crippen LogP contribution >= 0.6 is 0 Å². The van der Waals surface area contributed by atoms with Gasteiger partial charge in [0.05, 0.1) is 12.7 Å². The van der Waals surface area contributed by atoms with Crippen LogP contribution in [0.4, 0.5) is 4.39 Å². The van der Waals surface area contributed by atoms with Gasteiger partial charge in [0.2, 0.25) is 0 Å². The molecule has 2 aromatic rings. The first-order valence-electron chi connectivity index (χ1n) is 6.34. The van der Waals surface area contributed by atoms with Crippen molar-refractivity contribution in [2.75, 3.05) is 0 Å². The summed E-state index contributed by atoms with van der Waals surface area (Å²) in [5, 5.41) is 4.31. The minimum absolute atomic E-state index is 0.000949. The second-order valence-electron chi connectivity index (χ2n) is 4.84. The fraction of sp³-hybridized carbons (Fsp3) is 0.357. The number of fused-ring (bicyclic) bond motifs is 1. The topological polar surface area (TPSA) is 53.1 Å². The van der Waals surface area contributed by atoms with Crippen LogP contribution in [0.5, 0.6) is 5.75 Å². The van der Waals surface area contributed by atoms with Gasteiger partial charge in [-0.1, -0.05) is 0 Å². The molecule has 0 saturated carbocycles. The zero-order valence-corrected chi connectivity index (χ0v) is 10.8. The van der Waals surface area contributed by atoms with Crippen molar-refractivity contribution in [3.05, 3.63) is 47.0 Å². The van der Waals surface area contributed by atoms with Gasteiger partial charge in [0.15, 0.2) is 0 Å². The minimum atomic E-state index is -0.219. The number of benzene rings is 1. The van der Waals surface area contributed by atoms with Gasteiger partial charge in [0.1, 0.15) is 17.7 Å². The average molecular weight is 261 g/mol. The lowest BCUT2D eigenvalue weighted by Gasteiger charge is -2.12. The van der Waals surface area contributed by atoms with Crippen molar-refractivity contribution < 1.29 is 9.13 Å². The summed E-state index contributed by atoms with van der Waals surface area (Å²) in [4.78, 5) is 0. The fourth-order valence-corrected chi connectivity index (χ4v) is 2.45. The molecule has 1 aromatic heterocycles. The van der Waals surface area contributed by atoms with Gasteiger partial charge in [-0.05, 0) is 25.1 Å². The van der Waals surface area contributed by atoms with Crippen LogP contribution in [0.3, 0.4) is 0 Å². The van der Waals surface area contributed by atoms with Gasteiger partial charge in [0, 0.05) is 29.8 Å². The van der Waals surface area contributed by atoms with Crippen LogP contribution in [0, 0.1) is 12.7 Å². The summed E-state index contributed by atoms with van der Waals surface area (Å²) in [5.41, 5.74) is 8.66. The van der Waals surface area contributed by atoms with Crippen molar-refractivity contribution in [1.29, 1.82) is 0 Å². The molecule has 0 amide bonds. The number of nitrogens with two attached hydrogens (primary N) is 1. The highest BCUT2D eigenvalue weighted by atomic mass is 19.1. The average Bonchev–Trinajstić information content (AvgIpc) is 2.93. The van der Waals surface area contributed by atoms with Crippen LogP contribution < -0.4 is 10.5 Å². The van der Waals surface area contributed by atoms with E-state index in [1.807, 2.05) is 11.6 Å². The lowest BCUT2D eigenvalue weighted by molar-refractivity contribution is 0.202. The molecule has 0 spiro atoms. The number of aromatic nitrogens is 2. The Morgan fingerprint density at radius 3 is 3.11 bits per heavy atom. The van der Waals surface area contributed by atoms with E-state index in [0.717, 1.165) is 22.6 Å². The van der Waals surface area contributed by atoms with Gasteiger partial charge in [-0.15, -0.1) is 0 Å². The van der Waals surface area contributed by atoms with Gasteiger partial charge in [-0.3, -0.25) is 4.68 Å². The molecular weight excluding hydrogens is 245 g/mol. The maximum Gasteiger partial charge on any atom is 0.123 e. The summed E-state index contributed by atoms with van der Waals surface area (Å²) in [6, 6.07) is 4.65. The molecule has 1 aliphatic rings. The quantitative estimate of drug-likeness (QED) is 0.916. The van der Waals surface area contributed by atoms with E-state index in [1.165, 1.54) is 12.1 Å². The largest absolute Gasteiger partial charge is 0.488 e. The Hall–Kier alpha value is -1.88. The summed E-state index contributed by atoms with van der Waals surface area (Å²) in [5.74, 6) is 0.555. The highest BCUT2D eigenvalue weighted by Crippen LogP contribution is 2.30. The van der Waals surface area contributed by atoms with Gasteiger partial charge >= 0.3 is 0 Å². The third kappa shape index (κ3) is 2.21. The third-order valence-corrected chi connectivity index (χ3v) is 3.57. The monoisotopic (exact) mass is 261 g/mol.